The van der Waals surface area contributed by atoms with Crippen LogP contribution in [0, 0.1) is 3.57 Å². The Hall–Kier alpha value is -2.05. The smallest absolute Gasteiger partial charge is 0.294 e. The van der Waals surface area contributed by atoms with Crippen LogP contribution in [0.15, 0.2) is 45.8 Å². The average Bonchev–Trinajstić information content (AvgIpc) is 3.05. The van der Waals surface area contributed by atoms with Crippen LogP contribution < -0.4 is 9.47 Å². The number of halogens is 2. The van der Waals surface area contributed by atoms with Gasteiger partial charge in [-0.2, -0.15) is 0 Å². The van der Waals surface area contributed by atoms with Gasteiger partial charge in [0.25, 0.3) is 11.1 Å². The van der Waals surface area contributed by atoms with Gasteiger partial charge in [-0.05, 0) is 95.6 Å². The molecule has 2 saturated heterocycles. The molecule has 0 unspecified atom stereocenters. The largest absolute Gasteiger partial charge is 0.490 e. The molecular formula is C27H28BrIN2O5S. The SMILES string of the molecule is CCOc1cc(C=C2SC(=O)N(CC(=O)N3CCCCCC3)C2=O)cc(I)c1OCc1ccc(Br)cc1. The Morgan fingerprint density at radius 1 is 1.08 bits per heavy atom. The maximum absolute atomic E-state index is 13.0. The second-order valence-corrected chi connectivity index (χ2v) is 11.8. The molecule has 2 aromatic carbocycles. The van der Waals surface area contributed by atoms with Crippen molar-refractivity contribution >= 4 is 73.4 Å². The first kappa shape index (κ1) is 28.0. The fourth-order valence-electron chi connectivity index (χ4n) is 4.15. The highest BCUT2D eigenvalue weighted by atomic mass is 127. The summed E-state index contributed by atoms with van der Waals surface area (Å²) in [4.78, 5) is 41.5. The summed E-state index contributed by atoms with van der Waals surface area (Å²) in [5, 5.41) is -0.423. The minimum atomic E-state index is -0.443. The molecule has 2 fully saturated rings. The van der Waals surface area contributed by atoms with Crippen molar-refractivity contribution in [2.75, 3.05) is 26.2 Å². The summed E-state index contributed by atoms with van der Waals surface area (Å²) in [5.74, 6) is 0.569. The maximum Gasteiger partial charge on any atom is 0.294 e. The van der Waals surface area contributed by atoms with Crippen molar-refractivity contribution in [3.05, 3.63) is 60.5 Å². The van der Waals surface area contributed by atoms with Gasteiger partial charge in [0.1, 0.15) is 13.2 Å². The molecule has 0 aromatic heterocycles. The molecule has 0 aliphatic carbocycles. The summed E-state index contributed by atoms with van der Waals surface area (Å²) < 4.78 is 13.8. The fourth-order valence-corrected chi connectivity index (χ4v) is 6.04. The third-order valence-electron chi connectivity index (χ3n) is 6.05. The molecule has 2 aliphatic rings. The number of benzene rings is 2. The van der Waals surface area contributed by atoms with E-state index in [0.717, 1.165) is 56.0 Å². The Balaban J connectivity index is 1.49. The quantitative estimate of drug-likeness (QED) is 0.233. The molecule has 2 aromatic rings. The van der Waals surface area contributed by atoms with E-state index in [4.69, 9.17) is 9.47 Å². The minimum absolute atomic E-state index is 0.175. The topological polar surface area (TPSA) is 76.2 Å². The van der Waals surface area contributed by atoms with Crippen LogP contribution >= 0.6 is 50.3 Å². The Kier molecular flexibility index (Phi) is 9.94. The number of hydrogen-bond acceptors (Lipinski definition) is 6. The van der Waals surface area contributed by atoms with Gasteiger partial charge in [-0.15, -0.1) is 0 Å². The molecule has 0 atom stereocenters. The van der Waals surface area contributed by atoms with E-state index in [1.807, 2.05) is 37.3 Å². The lowest BCUT2D eigenvalue weighted by Crippen LogP contribution is -2.42. The summed E-state index contributed by atoms with van der Waals surface area (Å²) in [6, 6.07) is 11.6. The summed E-state index contributed by atoms with van der Waals surface area (Å²) in [5.41, 5.74) is 1.74. The van der Waals surface area contributed by atoms with Crippen molar-refractivity contribution in [1.82, 2.24) is 9.80 Å². The van der Waals surface area contributed by atoms with E-state index in [1.54, 1.807) is 17.0 Å². The van der Waals surface area contributed by atoms with Crippen LogP contribution in [-0.4, -0.2) is 53.1 Å². The Morgan fingerprint density at radius 2 is 1.78 bits per heavy atom. The van der Waals surface area contributed by atoms with Crippen LogP contribution in [0.5, 0.6) is 11.5 Å². The number of carbonyl (C=O) groups is 3. The first-order chi connectivity index (χ1) is 17.9. The molecule has 2 aliphatic heterocycles. The maximum atomic E-state index is 13.0. The molecule has 37 heavy (non-hydrogen) atoms. The first-order valence-electron chi connectivity index (χ1n) is 12.2. The van der Waals surface area contributed by atoms with Gasteiger partial charge < -0.3 is 14.4 Å². The summed E-state index contributed by atoms with van der Waals surface area (Å²) in [6.07, 6.45) is 5.79. The fraction of sp³-hybridized carbons (Fsp3) is 0.370. The second-order valence-electron chi connectivity index (χ2n) is 8.74. The van der Waals surface area contributed by atoms with E-state index >= 15 is 0 Å². The molecule has 0 bridgehead atoms. The van der Waals surface area contributed by atoms with Gasteiger partial charge in [0.15, 0.2) is 11.5 Å². The van der Waals surface area contributed by atoms with Crippen molar-refractivity contribution in [2.45, 2.75) is 39.2 Å². The average molecular weight is 699 g/mol. The predicted molar refractivity (Wildman–Crippen MR) is 157 cm³/mol. The zero-order valence-electron chi connectivity index (χ0n) is 20.5. The van der Waals surface area contributed by atoms with Crippen molar-refractivity contribution in [3.63, 3.8) is 0 Å². The van der Waals surface area contributed by atoms with Crippen LogP contribution in [0.1, 0.15) is 43.7 Å². The van der Waals surface area contributed by atoms with Crippen molar-refractivity contribution in [3.8, 4) is 11.5 Å². The third kappa shape index (κ3) is 7.29. The number of rotatable bonds is 8. The van der Waals surface area contributed by atoms with Crippen LogP contribution in [0.3, 0.4) is 0 Å². The van der Waals surface area contributed by atoms with Crippen molar-refractivity contribution in [1.29, 1.82) is 0 Å². The Morgan fingerprint density at radius 3 is 2.46 bits per heavy atom. The molecule has 3 amide bonds. The molecule has 2 heterocycles. The number of thioether (sulfide) groups is 1. The number of carbonyl (C=O) groups excluding carboxylic acids is 3. The third-order valence-corrected chi connectivity index (χ3v) is 8.29. The molecule has 0 N–H and O–H groups in total. The van der Waals surface area contributed by atoms with Gasteiger partial charge in [0, 0.05) is 17.6 Å². The highest BCUT2D eigenvalue weighted by Crippen LogP contribution is 2.38. The van der Waals surface area contributed by atoms with E-state index in [2.05, 4.69) is 38.5 Å². The Labute approximate surface area is 243 Å². The molecule has 0 saturated carbocycles. The van der Waals surface area contributed by atoms with Gasteiger partial charge >= 0.3 is 0 Å². The second kappa shape index (κ2) is 13.1. The first-order valence-corrected chi connectivity index (χ1v) is 14.9. The lowest BCUT2D eigenvalue weighted by Gasteiger charge is -2.22. The standard InChI is InChI=1S/C27H28BrIN2O5S/c1-2-35-22-14-19(13-21(29)25(22)36-17-18-7-9-20(28)10-8-18)15-23-26(33)31(27(34)37-23)16-24(32)30-11-5-3-4-6-12-30/h7-10,13-15H,2-6,11-12,16-17H2,1H3. The van der Waals surface area contributed by atoms with Gasteiger partial charge in [0.2, 0.25) is 5.91 Å². The number of hydrogen-bond donors (Lipinski definition) is 0. The van der Waals surface area contributed by atoms with Gasteiger partial charge in [0.05, 0.1) is 15.1 Å². The molecule has 0 radical (unpaired) electrons. The highest BCUT2D eigenvalue weighted by molar-refractivity contribution is 14.1. The predicted octanol–water partition coefficient (Wildman–Crippen LogP) is 6.47. The van der Waals surface area contributed by atoms with E-state index in [9.17, 15) is 14.4 Å². The number of imide groups is 1. The van der Waals surface area contributed by atoms with Crippen LogP contribution in [0.25, 0.3) is 6.08 Å². The van der Waals surface area contributed by atoms with E-state index in [1.165, 1.54) is 0 Å². The van der Waals surface area contributed by atoms with E-state index in [0.29, 0.717) is 43.4 Å². The molecule has 4 rings (SSSR count). The van der Waals surface area contributed by atoms with E-state index < -0.39 is 11.1 Å². The van der Waals surface area contributed by atoms with Crippen LogP contribution in [-0.2, 0) is 16.2 Å². The molecule has 7 nitrogen and oxygen atoms in total. The molecular weight excluding hydrogens is 671 g/mol. The molecule has 0 spiro atoms. The van der Waals surface area contributed by atoms with Gasteiger partial charge in [-0.25, -0.2) is 0 Å². The number of nitrogens with zero attached hydrogens (tertiary/aromatic N) is 2. The lowest BCUT2D eigenvalue weighted by molar-refractivity contribution is -0.135. The number of amides is 3. The minimum Gasteiger partial charge on any atom is -0.490 e. The van der Waals surface area contributed by atoms with E-state index in [-0.39, 0.29) is 17.4 Å². The zero-order valence-corrected chi connectivity index (χ0v) is 25.1. The van der Waals surface area contributed by atoms with Crippen LogP contribution in [0.4, 0.5) is 4.79 Å². The van der Waals surface area contributed by atoms with Crippen molar-refractivity contribution < 1.29 is 23.9 Å². The lowest BCUT2D eigenvalue weighted by atomic mass is 10.1. The monoisotopic (exact) mass is 698 g/mol. The summed E-state index contributed by atoms with van der Waals surface area (Å²) in [7, 11) is 0. The summed E-state index contributed by atoms with van der Waals surface area (Å²) in [6.45, 7) is 3.87. The molecule has 196 valence electrons. The number of ether oxygens (including phenoxy) is 2. The normalized spacial score (nSPS) is 17.3. The van der Waals surface area contributed by atoms with Gasteiger partial charge in [-0.1, -0.05) is 40.9 Å². The molecule has 10 heteroatoms. The zero-order chi connectivity index (χ0) is 26.4. The van der Waals surface area contributed by atoms with Crippen LogP contribution in [0.2, 0.25) is 0 Å². The Bertz CT molecular complexity index is 1200. The highest BCUT2D eigenvalue weighted by Gasteiger charge is 2.37. The van der Waals surface area contributed by atoms with Crippen molar-refractivity contribution in [2.24, 2.45) is 0 Å². The van der Waals surface area contributed by atoms with Gasteiger partial charge in [-0.3, -0.25) is 19.3 Å². The number of likely N-dealkylation sites (tertiary alicyclic amines) is 1. The summed E-state index contributed by atoms with van der Waals surface area (Å²) >= 11 is 6.48.